The van der Waals surface area contributed by atoms with Crippen LogP contribution < -0.4 is 5.32 Å². The normalized spacial score (nSPS) is 10.6. The Balaban J connectivity index is 1.96. The van der Waals surface area contributed by atoms with E-state index in [1.165, 1.54) is 17.3 Å². The van der Waals surface area contributed by atoms with E-state index in [4.69, 9.17) is 0 Å². The van der Waals surface area contributed by atoms with Crippen molar-refractivity contribution in [3.05, 3.63) is 35.2 Å². The third kappa shape index (κ3) is 3.19. The quantitative estimate of drug-likeness (QED) is 0.879. The Kier molecular flexibility index (Phi) is 4.44. The predicted octanol–water partition coefficient (Wildman–Crippen LogP) is 2.47. The summed E-state index contributed by atoms with van der Waals surface area (Å²) in [6.07, 6.45) is 0. The third-order valence-electron chi connectivity index (χ3n) is 3.26. The van der Waals surface area contributed by atoms with Gasteiger partial charge in [-0.15, -0.1) is 10.2 Å². The molecule has 1 heterocycles. The molecular weight excluding hydrogens is 272 g/mol. The highest BCUT2D eigenvalue weighted by Gasteiger charge is 2.10. The maximum Gasteiger partial charge on any atom is 0.234 e. The molecule has 1 N–H and O–H groups in total. The molecule has 0 aliphatic rings. The summed E-state index contributed by atoms with van der Waals surface area (Å²) in [6.45, 7) is 5.92. The number of carbonyl (C=O) groups is 1. The molecule has 0 saturated heterocycles. The molecule has 20 heavy (non-hydrogen) atoms. The van der Waals surface area contributed by atoms with Crippen LogP contribution in [-0.4, -0.2) is 26.4 Å². The topological polar surface area (TPSA) is 59.8 Å². The average molecular weight is 290 g/mol. The number of nitrogens with one attached hydrogen (secondary N) is 1. The fraction of sp³-hybridized carbons (Fsp3) is 0.357. The monoisotopic (exact) mass is 290 g/mol. The van der Waals surface area contributed by atoms with Crippen molar-refractivity contribution in [3.63, 3.8) is 0 Å². The minimum absolute atomic E-state index is 0.0376. The third-order valence-corrected chi connectivity index (χ3v) is 4.28. The summed E-state index contributed by atoms with van der Waals surface area (Å²) in [4.78, 5) is 12.0. The van der Waals surface area contributed by atoms with Gasteiger partial charge in [0.25, 0.3) is 0 Å². The van der Waals surface area contributed by atoms with Crippen LogP contribution in [0, 0.1) is 20.8 Å². The highest BCUT2D eigenvalue weighted by molar-refractivity contribution is 7.99. The number of thioether (sulfide) groups is 1. The smallest absolute Gasteiger partial charge is 0.234 e. The molecule has 0 saturated carbocycles. The van der Waals surface area contributed by atoms with Crippen molar-refractivity contribution < 1.29 is 4.79 Å². The van der Waals surface area contributed by atoms with Gasteiger partial charge in [-0.25, -0.2) is 0 Å². The number of hydrogen-bond donors (Lipinski definition) is 1. The van der Waals surface area contributed by atoms with Crippen molar-refractivity contribution in [2.45, 2.75) is 25.9 Å². The fourth-order valence-electron chi connectivity index (χ4n) is 1.72. The number of carbonyl (C=O) groups excluding carboxylic acids is 1. The number of nitrogens with zero attached hydrogens (tertiary/aromatic N) is 3. The van der Waals surface area contributed by atoms with Crippen LogP contribution in [-0.2, 0) is 11.8 Å². The van der Waals surface area contributed by atoms with Crippen LogP contribution in [0.5, 0.6) is 0 Å². The molecule has 1 aromatic heterocycles. The van der Waals surface area contributed by atoms with Gasteiger partial charge in [-0.1, -0.05) is 23.9 Å². The van der Waals surface area contributed by atoms with E-state index in [1.807, 2.05) is 50.6 Å². The molecule has 5 nitrogen and oxygen atoms in total. The number of aromatic nitrogens is 3. The maximum atomic E-state index is 12.0. The second-order valence-electron chi connectivity index (χ2n) is 4.67. The van der Waals surface area contributed by atoms with Crippen molar-refractivity contribution in [1.82, 2.24) is 14.8 Å². The number of aryl methyl sites for hydroxylation is 2. The zero-order chi connectivity index (χ0) is 14.7. The van der Waals surface area contributed by atoms with E-state index in [0.717, 1.165) is 22.2 Å². The molecule has 0 spiro atoms. The van der Waals surface area contributed by atoms with Crippen molar-refractivity contribution in [1.29, 1.82) is 0 Å². The molecule has 2 rings (SSSR count). The number of hydrogen-bond acceptors (Lipinski definition) is 4. The van der Waals surface area contributed by atoms with Crippen molar-refractivity contribution in [3.8, 4) is 0 Å². The second kappa shape index (κ2) is 6.09. The highest BCUT2D eigenvalue weighted by Crippen LogP contribution is 2.19. The van der Waals surface area contributed by atoms with E-state index in [9.17, 15) is 4.79 Å². The van der Waals surface area contributed by atoms with E-state index in [1.54, 1.807) is 0 Å². The van der Waals surface area contributed by atoms with Gasteiger partial charge in [0, 0.05) is 12.7 Å². The lowest BCUT2D eigenvalue weighted by Gasteiger charge is -2.10. The van der Waals surface area contributed by atoms with E-state index in [2.05, 4.69) is 15.5 Å². The molecule has 1 aromatic carbocycles. The van der Waals surface area contributed by atoms with Crippen molar-refractivity contribution in [2.24, 2.45) is 7.05 Å². The molecular formula is C14H18N4OS. The molecule has 0 fully saturated rings. The number of rotatable bonds is 4. The molecule has 0 bridgehead atoms. The summed E-state index contributed by atoms with van der Waals surface area (Å²) in [6, 6.07) is 5.89. The summed E-state index contributed by atoms with van der Waals surface area (Å²) >= 11 is 1.38. The SMILES string of the molecule is Cc1cccc(NC(=O)CSc2nnc(C)n2C)c1C. The zero-order valence-electron chi connectivity index (χ0n) is 12.1. The zero-order valence-corrected chi connectivity index (χ0v) is 12.9. The van der Waals surface area contributed by atoms with Gasteiger partial charge >= 0.3 is 0 Å². The molecule has 106 valence electrons. The summed E-state index contributed by atoms with van der Waals surface area (Å²) in [7, 11) is 1.89. The van der Waals surface area contributed by atoms with Gasteiger partial charge in [0.1, 0.15) is 5.82 Å². The largest absolute Gasteiger partial charge is 0.325 e. The van der Waals surface area contributed by atoms with Gasteiger partial charge in [-0.2, -0.15) is 0 Å². The van der Waals surface area contributed by atoms with Crippen LogP contribution in [0.3, 0.4) is 0 Å². The summed E-state index contributed by atoms with van der Waals surface area (Å²) in [5.41, 5.74) is 3.13. The maximum absolute atomic E-state index is 12.0. The van der Waals surface area contributed by atoms with Gasteiger partial charge < -0.3 is 9.88 Å². The highest BCUT2D eigenvalue weighted by atomic mass is 32.2. The lowest BCUT2D eigenvalue weighted by Crippen LogP contribution is -2.15. The molecule has 0 atom stereocenters. The summed E-state index contributed by atoms with van der Waals surface area (Å²) in [5.74, 6) is 1.12. The molecule has 1 amide bonds. The summed E-state index contributed by atoms with van der Waals surface area (Å²) in [5, 5.41) is 11.7. The van der Waals surface area contributed by atoms with Crippen LogP contribution in [0.25, 0.3) is 0 Å². The van der Waals surface area contributed by atoms with E-state index >= 15 is 0 Å². The van der Waals surface area contributed by atoms with Crippen LogP contribution in [0.2, 0.25) is 0 Å². The summed E-state index contributed by atoms with van der Waals surface area (Å²) < 4.78 is 1.87. The van der Waals surface area contributed by atoms with Gasteiger partial charge in [0.2, 0.25) is 5.91 Å². The molecule has 0 radical (unpaired) electrons. The Bertz CT molecular complexity index is 636. The van der Waals surface area contributed by atoms with E-state index in [0.29, 0.717) is 5.75 Å². The van der Waals surface area contributed by atoms with Gasteiger partial charge in [-0.3, -0.25) is 4.79 Å². The Hall–Kier alpha value is -1.82. The van der Waals surface area contributed by atoms with E-state index < -0.39 is 0 Å². The molecule has 0 unspecified atom stereocenters. The number of amides is 1. The van der Waals surface area contributed by atoms with Crippen LogP contribution in [0.1, 0.15) is 17.0 Å². The standard InChI is InChI=1S/C14H18N4OS/c1-9-6-5-7-12(10(9)2)15-13(19)8-20-14-17-16-11(3)18(14)4/h5-7H,8H2,1-4H3,(H,15,19). The molecule has 2 aromatic rings. The number of benzene rings is 1. The van der Waals surface area contributed by atoms with Crippen molar-refractivity contribution in [2.75, 3.05) is 11.1 Å². The number of anilines is 1. The van der Waals surface area contributed by atoms with Crippen LogP contribution in [0.15, 0.2) is 23.4 Å². The second-order valence-corrected chi connectivity index (χ2v) is 5.62. The molecule has 0 aliphatic carbocycles. The Labute approximate surface area is 122 Å². The lowest BCUT2D eigenvalue weighted by atomic mass is 10.1. The molecule has 6 heteroatoms. The first kappa shape index (κ1) is 14.6. The molecule has 0 aliphatic heterocycles. The lowest BCUT2D eigenvalue weighted by molar-refractivity contribution is -0.113. The van der Waals surface area contributed by atoms with Crippen LogP contribution >= 0.6 is 11.8 Å². The van der Waals surface area contributed by atoms with Gasteiger partial charge in [-0.05, 0) is 38.0 Å². The van der Waals surface area contributed by atoms with Crippen molar-refractivity contribution >= 4 is 23.4 Å². The van der Waals surface area contributed by atoms with Gasteiger partial charge in [0.15, 0.2) is 5.16 Å². The minimum atomic E-state index is -0.0376. The Morgan fingerprint density at radius 1 is 1.30 bits per heavy atom. The minimum Gasteiger partial charge on any atom is -0.325 e. The van der Waals surface area contributed by atoms with Crippen LogP contribution in [0.4, 0.5) is 5.69 Å². The first-order chi connectivity index (χ1) is 9.49. The average Bonchev–Trinajstić information content (AvgIpc) is 2.73. The fourth-order valence-corrected chi connectivity index (χ4v) is 2.47. The predicted molar refractivity (Wildman–Crippen MR) is 81.0 cm³/mol. The Morgan fingerprint density at radius 2 is 2.05 bits per heavy atom. The first-order valence-corrected chi connectivity index (χ1v) is 7.32. The first-order valence-electron chi connectivity index (χ1n) is 6.34. The van der Waals surface area contributed by atoms with Gasteiger partial charge in [0.05, 0.1) is 5.75 Å². The van der Waals surface area contributed by atoms with E-state index in [-0.39, 0.29) is 5.91 Å². The Morgan fingerprint density at radius 3 is 2.70 bits per heavy atom.